The fourth-order valence-corrected chi connectivity index (χ4v) is 4.18. The van der Waals surface area contributed by atoms with E-state index in [4.69, 9.17) is 9.82 Å². The van der Waals surface area contributed by atoms with Crippen molar-refractivity contribution in [1.29, 1.82) is 0 Å². The standard InChI is InChI=1S/C25H25N4O2S/c1-3-28(4-2)27-29(21-13-9-6-10-14-21)31-24(30)18-19-15-16-23-22(17-19)26-25(32-23)20-11-7-5-8-12-20/h5-17H,3-4,18H2,1-2H3/q+1. The van der Waals surface area contributed by atoms with Crippen molar-refractivity contribution in [2.45, 2.75) is 20.3 Å². The molecule has 4 rings (SSSR count). The maximum absolute atomic E-state index is 12.8. The molecule has 0 fully saturated rings. The normalized spacial score (nSPS) is 10.7. The van der Waals surface area contributed by atoms with Gasteiger partial charge in [0, 0.05) is 5.56 Å². The topological polar surface area (TPSA) is 57.8 Å². The van der Waals surface area contributed by atoms with Crippen LogP contribution in [-0.2, 0) is 16.1 Å². The van der Waals surface area contributed by atoms with Gasteiger partial charge in [0.15, 0.2) is 5.69 Å². The molecule has 3 aromatic carbocycles. The number of nitrogens with zero attached hydrogens (tertiary/aromatic N) is 4. The molecule has 32 heavy (non-hydrogen) atoms. The van der Waals surface area contributed by atoms with Gasteiger partial charge in [-0.15, -0.1) is 11.3 Å². The maximum atomic E-state index is 12.8. The van der Waals surface area contributed by atoms with E-state index in [2.05, 4.69) is 5.22 Å². The van der Waals surface area contributed by atoms with Crippen LogP contribution < -0.4 is 5.17 Å². The average molecular weight is 446 g/mol. The third-order valence-electron chi connectivity index (χ3n) is 4.92. The summed E-state index contributed by atoms with van der Waals surface area (Å²) in [5.74, 6) is -0.386. The van der Waals surface area contributed by atoms with Crippen molar-refractivity contribution >= 4 is 33.2 Å². The van der Waals surface area contributed by atoms with Crippen molar-refractivity contribution in [3.63, 3.8) is 0 Å². The number of carbonyl (C=O) groups is 1. The maximum Gasteiger partial charge on any atom is 0.365 e. The molecule has 0 spiro atoms. The monoisotopic (exact) mass is 445 g/mol. The molecule has 0 saturated carbocycles. The molecule has 0 saturated heterocycles. The lowest BCUT2D eigenvalue weighted by atomic mass is 10.1. The van der Waals surface area contributed by atoms with E-state index < -0.39 is 0 Å². The highest BCUT2D eigenvalue weighted by Crippen LogP contribution is 2.30. The van der Waals surface area contributed by atoms with Gasteiger partial charge < -0.3 is 0 Å². The Kier molecular flexibility index (Phi) is 6.87. The number of fused-ring (bicyclic) bond motifs is 1. The Bertz CT molecular complexity index is 1220. The van der Waals surface area contributed by atoms with Gasteiger partial charge in [0.05, 0.1) is 21.8 Å². The van der Waals surface area contributed by atoms with Crippen molar-refractivity contribution in [2.75, 3.05) is 18.3 Å². The van der Waals surface area contributed by atoms with Gasteiger partial charge in [0.1, 0.15) is 23.3 Å². The van der Waals surface area contributed by atoms with Crippen molar-refractivity contribution in [1.82, 2.24) is 4.98 Å². The lowest BCUT2D eigenvalue weighted by Crippen LogP contribution is -2.26. The lowest BCUT2D eigenvalue weighted by Gasteiger charge is -2.10. The van der Waals surface area contributed by atoms with Crippen LogP contribution in [0.25, 0.3) is 20.8 Å². The third-order valence-corrected chi connectivity index (χ3v) is 6.01. The molecule has 0 unspecified atom stereocenters. The molecular weight excluding hydrogens is 420 g/mol. The minimum atomic E-state index is -0.386. The van der Waals surface area contributed by atoms with Gasteiger partial charge in [-0.2, -0.15) is 4.70 Å². The number of hydrogen-bond donors (Lipinski definition) is 0. The van der Waals surface area contributed by atoms with Gasteiger partial charge in [0.25, 0.3) is 0 Å². The van der Waals surface area contributed by atoms with Crippen molar-refractivity contribution in [3.05, 3.63) is 84.4 Å². The minimum Gasteiger partial charge on any atom is -0.246 e. The molecular formula is C25H25N4O2S+. The molecule has 0 amide bonds. The van der Waals surface area contributed by atoms with Crippen LogP contribution in [0.3, 0.4) is 0 Å². The van der Waals surface area contributed by atoms with Gasteiger partial charge in [-0.1, -0.05) is 54.6 Å². The van der Waals surface area contributed by atoms with E-state index in [-0.39, 0.29) is 12.4 Å². The number of anilines is 1. The zero-order chi connectivity index (χ0) is 22.3. The van der Waals surface area contributed by atoms with Crippen molar-refractivity contribution in [3.8, 4) is 10.6 Å². The molecule has 162 valence electrons. The van der Waals surface area contributed by atoms with E-state index in [0.717, 1.165) is 26.4 Å². The van der Waals surface area contributed by atoms with E-state index in [1.54, 1.807) is 11.3 Å². The van der Waals surface area contributed by atoms with Crippen molar-refractivity contribution in [2.24, 2.45) is 5.22 Å². The highest BCUT2D eigenvalue weighted by molar-refractivity contribution is 7.21. The van der Waals surface area contributed by atoms with Gasteiger partial charge >= 0.3 is 5.97 Å². The second kappa shape index (κ2) is 10.2. The van der Waals surface area contributed by atoms with E-state index >= 15 is 0 Å². The second-order valence-corrected chi connectivity index (χ2v) is 8.19. The molecule has 0 radical (unpaired) electrons. The zero-order valence-corrected chi connectivity index (χ0v) is 19.0. The van der Waals surface area contributed by atoms with Gasteiger partial charge in [-0.3, -0.25) is 0 Å². The number of aromatic nitrogens is 1. The SMILES string of the molecule is CC[N+](CC)=NN(OC(=O)Cc1ccc2sc(-c3ccccc3)nc2c1)c1ccccc1. The Morgan fingerprint density at radius 1 is 1.00 bits per heavy atom. The predicted octanol–water partition coefficient (Wildman–Crippen LogP) is 5.89. The Hall–Kier alpha value is -3.58. The van der Waals surface area contributed by atoms with Gasteiger partial charge in [-0.05, 0) is 43.7 Å². The number of hydrogen-bond acceptors (Lipinski definition) is 5. The summed E-state index contributed by atoms with van der Waals surface area (Å²) in [6, 6.07) is 25.4. The lowest BCUT2D eigenvalue weighted by molar-refractivity contribution is -0.592. The number of rotatable bonds is 8. The van der Waals surface area contributed by atoms with Gasteiger partial charge in [-0.25, -0.2) is 14.6 Å². The molecule has 0 aliphatic rings. The fourth-order valence-electron chi connectivity index (χ4n) is 3.23. The molecule has 1 heterocycles. The molecule has 0 aliphatic carbocycles. The predicted molar refractivity (Wildman–Crippen MR) is 128 cm³/mol. The Morgan fingerprint density at radius 2 is 1.69 bits per heavy atom. The first kappa shape index (κ1) is 21.6. The highest BCUT2D eigenvalue weighted by Gasteiger charge is 2.21. The molecule has 1 aromatic heterocycles. The molecule has 7 heteroatoms. The second-order valence-electron chi connectivity index (χ2n) is 7.16. The highest BCUT2D eigenvalue weighted by atomic mass is 32.1. The molecule has 0 aliphatic heterocycles. The summed E-state index contributed by atoms with van der Waals surface area (Å²) < 4.78 is 2.91. The van der Waals surface area contributed by atoms with Crippen LogP contribution in [0.4, 0.5) is 5.69 Å². The average Bonchev–Trinajstić information content (AvgIpc) is 3.26. The van der Waals surface area contributed by atoms with Gasteiger partial charge in [0.2, 0.25) is 0 Å². The van der Waals surface area contributed by atoms with E-state index in [9.17, 15) is 4.79 Å². The van der Waals surface area contributed by atoms with Crippen LogP contribution in [-0.4, -0.2) is 28.7 Å². The Balaban J connectivity index is 1.52. The summed E-state index contributed by atoms with van der Waals surface area (Å²) in [4.78, 5) is 23.1. The quantitative estimate of drug-likeness (QED) is 0.193. The van der Waals surface area contributed by atoms with Crippen LogP contribution in [0.15, 0.2) is 84.1 Å². The summed E-state index contributed by atoms with van der Waals surface area (Å²) in [6.07, 6.45) is 0.130. The smallest absolute Gasteiger partial charge is 0.246 e. The summed E-state index contributed by atoms with van der Waals surface area (Å²) in [7, 11) is 0. The molecule has 6 nitrogen and oxygen atoms in total. The van der Waals surface area contributed by atoms with Crippen LogP contribution >= 0.6 is 11.3 Å². The third kappa shape index (κ3) is 5.18. The summed E-state index contributed by atoms with van der Waals surface area (Å²) in [5, 5.41) is 6.73. The Morgan fingerprint density at radius 3 is 2.38 bits per heavy atom. The van der Waals surface area contributed by atoms with Crippen LogP contribution in [0.2, 0.25) is 0 Å². The first-order chi connectivity index (χ1) is 15.7. The summed E-state index contributed by atoms with van der Waals surface area (Å²) in [6.45, 7) is 5.43. The molecule has 0 bridgehead atoms. The number of thiazole rings is 1. The molecule has 0 atom stereocenters. The number of carbonyl (C=O) groups excluding carboxylic acids is 1. The van der Waals surface area contributed by atoms with Crippen LogP contribution in [0, 0.1) is 0 Å². The number of para-hydroxylation sites is 1. The van der Waals surface area contributed by atoms with Crippen LogP contribution in [0.1, 0.15) is 19.4 Å². The largest absolute Gasteiger partial charge is 0.365 e. The number of benzene rings is 3. The van der Waals surface area contributed by atoms with E-state index in [1.807, 2.05) is 97.4 Å². The first-order valence-corrected chi connectivity index (χ1v) is 11.4. The summed E-state index contributed by atoms with van der Waals surface area (Å²) >= 11 is 1.64. The molecule has 0 N–H and O–H groups in total. The van der Waals surface area contributed by atoms with Crippen molar-refractivity contribution < 1.29 is 14.3 Å². The first-order valence-electron chi connectivity index (χ1n) is 10.6. The van der Waals surface area contributed by atoms with Crippen LogP contribution in [0.5, 0.6) is 0 Å². The zero-order valence-electron chi connectivity index (χ0n) is 18.1. The van der Waals surface area contributed by atoms with E-state index in [0.29, 0.717) is 18.8 Å². The fraction of sp³-hybridized carbons (Fsp3) is 0.200. The van der Waals surface area contributed by atoms with E-state index in [1.165, 1.54) is 5.17 Å². The summed E-state index contributed by atoms with van der Waals surface area (Å²) in [5.41, 5.74) is 3.51. The minimum absolute atomic E-state index is 0.130. The molecule has 4 aromatic rings. The Labute approximate surface area is 191 Å².